The van der Waals surface area contributed by atoms with Gasteiger partial charge in [-0.05, 0) is 32.6 Å². The summed E-state index contributed by atoms with van der Waals surface area (Å²) in [5, 5.41) is 11.9. The first kappa shape index (κ1) is 15.3. The van der Waals surface area contributed by atoms with Crippen molar-refractivity contribution in [1.29, 1.82) is 0 Å². The lowest BCUT2D eigenvalue weighted by molar-refractivity contribution is -0.132. The van der Waals surface area contributed by atoms with Crippen LogP contribution in [0.4, 0.5) is 0 Å². The Balaban J connectivity index is 1.48. The summed E-state index contributed by atoms with van der Waals surface area (Å²) in [5.41, 5.74) is 0. The van der Waals surface area contributed by atoms with Crippen molar-refractivity contribution in [1.82, 2.24) is 25.0 Å². The van der Waals surface area contributed by atoms with Crippen molar-refractivity contribution in [2.45, 2.75) is 49.8 Å². The van der Waals surface area contributed by atoms with Gasteiger partial charge in [-0.3, -0.25) is 9.59 Å². The molecule has 1 N–H and O–H groups in total. The monoisotopic (exact) mass is 323 g/mol. The van der Waals surface area contributed by atoms with Crippen molar-refractivity contribution in [2.24, 2.45) is 0 Å². The van der Waals surface area contributed by atoms with E-state index in [-0.39, 0.29) is 24.1 Å². The second kappa shape index (κ2) is 6.28. The molecule has 120 valence electrons. The van der Waals surface area contributed by atoms with Gasteiger partial charge in [-0.25, -0.2) is 0 Å². The molecule has 0 saturated heterocycles. The Kier molecular flexibility index (Phi) is 4.37. The number of likely N-dealkylation sites (N-methyl/N-ethyl adjacent to an activating group) is 1. The summed E-state index contributed by atoms with van der Waals surface area (Å²) in [6.45, 7) is 2.05. The highest BCUT2D eigenvalue weighted by Gasteiger charge is 2.29. The zero-order valence-electron chi connectivity index (χ0n) is 12.9. The van der Waals surface area contributed by atoms with E-state index in [1.807, 2.05) is 6.92 Å². The minimum atomic E-state index is -0.0830. The third-order valence-corrected chi connectivity index (χ3v) is 4.75. The minimum Gasteiger partial charge on any atom is -0.352 e. The minimum absolute atomic E-state index is 0.0704. The summed E-state index contributed by atoms with van der Waals surface area (Å²) in [6.07, 6.45) is 4.41. The van der Waals surface area contributed by atoms with Crippen molar-refractivity contribution in [3.05, 3.63) is 5.82 Å². The molecule has 22 heavy (non-hydrogen) atoms. The third-order valence-electron chi connectivity index (χ3n) is 3.82. The summed E-state index contributed by atoms with van der Waals surface area (Å²) in [5.74, 6) is 1.02. The molecule has 8 heteroatoms. The van der Waals surface area contributed by atoms with Gasteiger partial charge in [-0.15, -0.1) is 10.2 Å². The number of thioether (sulfide) groups is 1. The normalized spacial score (nSPS) is 17.4. The van der Waals surface area contributed by atoms with Gasteiger partial charge in [0.05, 0.1) is 12.3 Å². The molecule has 1 heterocycles. The first-order valence-electron chi connectivity index (χ1n) is 7.62. The molecule has 3 rings (SSSR count). The molecular weight excluding hydrogens is 302 g/mol. The zero-order valence-corrected chi connectivity index (χ0v) is 13.7. The van der Waals surface area contributed by atoms with Gasteiger partial charge >= 0.3 is 0 Å². The molecule has 0 aromatic carbocycles. The quantitative estimate of drug-likeness (QED) is 0.749. The summed E-state index contributed by atoms with van der Waals surface area (Å²) in [6, 6.07) is 0.820. The van der Waals surface area contributed by atoms with Gasteiger partial charge in [0.15, 0.2) is 5.16 Å². The largest absolute Gasteiger partial charge is 0.352 e. The lowest BCUT2D eigenvalue weighted by Crippen LogP contribution is -2.39. The second-order valence-corrected chi connectivity index (χ2v) is 6.95. The Morgan fingerprint density at radius 3 is 2.68 bits per heavy atom. The van der Waals surface area contributed by atoms with E-state index in [0.717, 1.165) is 36.7 Å². The number of carbonyl (C=O) groups excluding carboxylic acids is 2. The standard InChI is InChI=1S/C14H21N5O2S/c1-9-16-17-14(19(9)11-5-6-11)22-8-13(21)18(2)7-12(20)15-10-3-4-10/h10-11H,3-8H2,1-2H3,(H,15,20). The highest BCUT2D eigenvalue weighted by molar-refractivity contribution is 7.99. The summed E-state index contributed by atoms with van der Waals surface area (Å²) in [7, 11) is 1.66. The van der Waals surface area contributed by atoms with Crippen LogP contribution in [0.2, 0.25) is 0 Å². The van der Waals surface area contributed by atoms with Crippen molar-refractivity contribution < 1.29 is 9.59 Å². The van der Waals surface area contributed by atoms with Crippen LogP contribution in [0.5, 0.6) is 0 Å². The van der Waals surface area contributed by atoms with Gasteiger partial charge in [-0.1, -0.05) is 11.8 Å². The van der Waals surface area contributed by atoms with Gasteiger partial charge in [0.1, 0.15) is 5.82 Å². The van der Waals surface area contributed by atoms with E-state index in [2.05, 4.69) is 20.1 Å². The third kappa shape index (κ3) is 3.79. The number of aryl methyl sites for hydroxylation is 1. The van der Waals surface area contributed by atoms with Crippen LogP contribution in [0.15, 0.2) is 5.16 Å². The molecule has 1 aromatic rings. The van der Waals surface area contributed by atoms with Gasteiger partial charge < -0.3 is 14.8 Å². The van der Waals surface area contributed by atoms with Crippen molar-refractivity contribution >= 4 is 23.6 Å². The first-order valence-corrected chi connectivity index (χ1v) is 8.61. The maximum atomic E-state index is 12.1. The van der Waals surface area contributed by atoms with Crippen LogP contribution < -0.4 is 5.32 Å². The smallest absolute Gasteiger partial charge is 0.239 e. The predicted octanol–water partition coefficient (Wildman–Crippen LogP) is 0.751. The maximum Gasteiger partial charge on any atom is 0.239 e. The number of rotatable bonds is 7. The van der Waals surface area contributed by atoms with Gasteiger partial charge in [0.2, 0.25) is 11.8 Å². The molecule has 2 fully saturated rings. The molecule has 0 aliphatic heterocycles. The van der Waals surface area contributed by atoms with E-state index in [4.69, 9.17) is 0 Å². The second-order valence-electron chi connectivity index (χ2n) is 6.01. The fraction of sp³-hybridized carbons (Fsp3) is 0.714. The topological polar surface area (TPSA) is 80.1 Å². The number of aromatic nitrogens is 3. The molecule has 2 saturated carbocycles. The molecule has 0 unspecified atom stereocenters. The van der Waals surface area contributed by atoms with Crippen LogP contribution in [0.25, 0.3) is 0 Å². The fourth-order valence-corrected chi connectivity index (χ4v) is 3.23. The summed E-state index contributed by atoms with van der Waals surface area (Å²) in [4.78, 5) is 25.3. The predicted molar refractivity (Wildman–Crippen MR) is 82.6 cm³/mol. The highest BCUT2D eigenvalue weighted by atomic mass is 32.2. The number of hydrogen-bond acceptors (Lipinski definition) is 5. The zero-order chi connectivity index (χ0) is 15.7. The van der Waals surface area contributed by atoms with E-state index in [0.29, 0.717) is 12.1 Å². The molecule has 0 atom stereocenters. The molecule has 2 aliphatic carbocycles. The van der Waals surface area contributed by atoms with Crippen molar-refractivity contribution in [2.75, 3.05) is 19.3 Å². The van der Waals surface area contributed by atoms with Crippen LogP contribution in [-0.2, 0) is 9.59 Å². The number of hydrogen-bond donors (Lipinski definition) is 1. The van der Waals surface area contributed by atoms with Gasteiger partial charge in [0.25, 0.3) is 0 Å². The Morgan fingerprint density at radius 1 is 1.32 bits per heavy atom. The van der Waals surface area contributed by atoms with Crippen LogP contribution in [0.1, 0.15) is 37.5 Å². The maximum absolute atomic E-state index is 12.1. The average molecular weight is 323 g/mol. The summed E-state index contributed by atoms with van der Waals surface area (Å²) >= 11 is 1.39. The molecule has 0 bridgehead atoms. The molecule has 2 aliphatic rings. The number of nitrogens with one attached hydrogen (secondary N) is 1. The first-order chi connectivity index (χ1) is 10.5. The Labute approximate surface area is 133 Å². The van der Waals surface area contributed by atoms with Crippen molar-refractivity contribution in [3.63, 3.8) is 0 Å². The summed E-state index contributed by atoms with van der Waals surface area (Å²) < 4.78 is 2.11. The SMILES string of the molecule is Cc1nnc(SCC(=O)N(C)CC(=O)NC2CC2)n1C1CC1. The van der Waals surface area contributed by atoms with Crippen LogP contribution >= 0.6 is 11.8 Å². The Hall–Kier alpha value is -1.57. The van der Waals surface area contributed by atoms with E-state index in [1.165, 1.54) is 16.7 Å². The van der Waals surface area contributed by atoms with Crippen LogP contribution in [-0.4, -0.2) is 56.9 Å². The van der Waals surface area contributed by atoms with E-state index >= 15 is 0 Å². The number of nitrogens with zero attached hydrogens (tertiary/aromatic N) is 4. The molecular formula is C14H21N5O2S. The molecule has 0 spiro atoms. The van der Waals surface area contributed by atoms with E-state index < -0.39 is 0 Å². The van der Waals surface area contributed by atoms with E-state index in [1.54, 1.807) is 7.05 Å². The Morgan fingerprint density at radius 2 is 2.05 bits per heavy atom. The number of amides is 2. The molecule has 0 radical (unpaired) electrons. The number of carbonyl (C=O) groups is 2. The Bertz CT molecular complexity index is 580. The van der Waals surface area contributed by atoms with Gasteiger partial charge in [0, 0.05) is 19.1 Å². The lowest BCUT2D eigenvalue weighted by atomic mass is 10.5. The highest BCUT2D eigenvalue weighted by Crippen LogP contribution is 2.38. The van der Waals surface area contributed by atoms with Crippen molar-refractivity contribution in [3.8, 4) is 0 Å². The lowest BCUT2D eigenvalue weighted by Gasteiger charge is -2.16. The molecule has 1 aromatic heterocycles. The molecule has 7 nitrogen and oxygen atoms in total. The molecule has 2 amide bonds. The van der Waals surface area contributed by atoms with Crippen LogP contribution in [0.3, 0.4) is 0 Å². The fourth-order valence-electron chi connectivity index (χ4n) is 2.24. The van der Waals surface area contributed by atoms with Crippen LogP contribution in [0, 0.1) is 6.92 Å². The average Bonchev–Trinajstić information content (AvgIpc) is 3.38. The van der Waals surface area contributed by atoms with E-state index in [9.17, 15) is 9.59 Å². The van der Waals surface area contributed by atoms with Gasteiger partial charge in [-0.2, -0.15) is 0 Å².